The van der Waals surface area contributed by atoms with Crippen molar-refractivity contribution < 1.29 is 9.53 Å². The molecule has 0 saturated carbocycles. The number of rotatable bonds is 5. The molecule has 1 N–H and O–H groups in total. The summed E-state index contributed by atoms with van der Waals surface area (Å²) in [4.78, 5) is 11.5. The maximum absolute atomic E-state index is 11.5. The van der Waals surface area contributed by atoms with Crippen LogP contribution in [0.1, 0.15) is 12.0 Å². The Labute approximate surface area is 103 Å². The quantitative estimate of drug-likeness (QED) is 0.900. The van der Waals surface area contributed by atoms with E-state index in [1.807, 2.05) is 24.3 Å². The van der Waals surface area contributed by atoms with E-state index in [4.69, 9.17) is 4.74 Å². The van der Waals surface area contributed by atoms with Crippen molar-refractivity contribution in [1.82, 2.24) is 5.32 Å². The van der Waals surface area contributed by atoms with Crippen LogP contribution >= 0.6 is 15.9 Å². The third-order valence-corrected chi connectivity index (χ3v) is 2.73. The molecule has 0 unspecified atom stereocenters. The second kappa shape index (κ2) is 5.16. The molecule has 0 aliphatic carbocycles. The van der Waals surface area contributed by atoms with E-state index in [-0.39, 0.29) is 5.91 Å². The molecule has 1 aromatic rings. The highest BCUT2D eigenvalue weighted by Gasteiger charge is 2.09. The smallest absolute Gasteiger partial charge is 0.224 e. The van der Waals surface area contributed by atoms with Gasteiger partial charge in [0, 0.05) is 17.4 Å². The van der Waals surface area contributed by atoms with E-state index in [9.17, 15) is 4.79 Å². The molecule has 1 amide bonds. The van der Waals surface area contributed by atoms with E-state index >= 15 is 0 Å². The van der Waals surface area contributed by atoms with Gasteiger partial charge in [0.2, 0.25) is 5.91 Å². The lowest BCUT2D eigenvalue weighted by Gasteiger charge is -2.03. The van der Waals surface area contributed by atoms with Gasteiger partial charge < -0.3 is 10.1 Å². The maximum Gasteiger partial charge on any atom is 0.224 e. The Morgan fingerprint density at radius 2 is 2.25 bits per heavy atom. The Hall–Kier alpha value is -1.29. The highest BCUT2D eigenvalue weighted by molar-refractivity contribution is 9.10. The highest BCUT2D eigenvalue weighted by Crippen LogP contribution is 2.16. The zero-order valence-electron chi connectivity index (χ0n) is 8.70. The van der Waals surface area contributed by atoms with Crippen molar-refractivity contribution in [3.05, 3.63) is 46.3 Å². The molecule has 4 heteroatoms. The summed E-state index contributed by atoms with van der Waals surface area (Å²) < 4.78 is 5.85. The van der Waals surface area contributed by atoms with Gasteiger partial charge in [0.05, 0.1) is 6.42 Å². The Balaban J connectivity index is 1.75. The molecule has 2 rings (SSSR count). The van der Waals surface area contributed by atoms with Crippen LogP contribution in [0.3, 0.4) is 0 Å². The fraction of sp³-hybridized carbons (Fsp3) is 0.250. The molecular formula is C12H12BrNO2. The molecule has 1 aliphatic rings. The number of carbonyl (C=O) groups is 1. The predicted molar refractivity (Wildman–Crippen MR) is 64.6 cm³/mol. The minimum Gasteiger partial charge on any atom is -0.463 e. The monoisotopic (exact) mass is 281 g/mol. The second-order valence-electron chi connectivity index (χ2n) is 3.61. The average molecular weight is 282 g/mol. The van der Waals surface area contributed by atoms with Gasteiger partial charge >= 0.3 is 0 Å². The Morgan fingerprint density at radius 1 is 1.44 bits per heavy atom. The van der Waals surface area contributed by atoms with E-state index in [1.165, 1.54) is 0 Å². The molecule has 16 heavy (non-hydrogen) atoms. The third kappa shape index (κ3) is 3.70. The molecule has 0 aromatic heterocycles. The molecule has 3 nitrogen and oxygen atoms in total. The third-order valence-electron chi connectivity index (χ3n) is 2.23. The molecule has 84 valence electrons. The molecule has 1 heterocycles. The normalized spacial score (nSPS) is 12.7. The van der Waals surface area contributed by atoms with E-state index in [1.54, 1.807) is 6.26 Å². The minimum absolute atomic E-state index is 0.0411. The number of hydrogen-bond acceptors (Lipinski definition) is 2. The maximum atomic E-state index is 11.5. The van der Waals surface area contributed by atoms with Crippen LogP contribution in [-0.2, 0) is 16.0 Å². The van der Waals surface area contributed by atoms with Gasteiger partial charge in [-0.1, -0.05) is 28.1 Å². The predicted octanol–water partition coefficient (Wildman–Crippen LogP) is 2.37. The van der Waals surface area contributed by atoms with Crippen molar-refractivity contribution in [2.75, 3.05) is 6.54 Å². The molecule has 0 fully saturated rings. The highest BCUT2D eigenvalue weighted by atomic mass is 79.9. The number of amides is 1. The number of nitrogens with one attached hydrogen (secondary N) is 1. The number of halogens is 1. The molecular weight excluding hydrogens is 270 g/mol. The van der Waals surface area contributed by atoms with Crippen LogP contribution in [-0.4, -0.2) is 12.5 Å². The lowest BCUT2D eigenvalue weighted by molar-refractivity contribution is -0.120. The zero-order valence-corrected chi connectivity index (χ0v) is 10.3. The summed E-state index contributed by atoms with van der Waals surface area (Å²) in [7, 11) is 0. The number of hydrogen-bond donors (Lipinski definition) is 1. The van der Waals surface area contributed by atoms with E-state index < -0.39 is 0 Å². The molecule has 0 spiro atoms. The summed E-state index contributed by atoms with van der Waals surface area (Å²) in [5, 5.41) is 2.85. The van der Waals surface area contributed by atoms with E-state index in [0.29, 0.717) is 13.0 Å². The Morgan fingerprint density at radius 3 is 2.94 bits per heavy atom. The van der Waals surface area contributed by atoms with Crippen molar-refractivity contribution in [2.24, 2.45) is 0 Å². The molecule has 0 atom stereocenters. The first-order valence-corrected chi connectivity index (χ1v) is 5.90. The zero-order chi connectivity index (χ0) is 11.4. The van der Waals surface area contributed by atoms with E-state index in [0.717, 1.165) is 22.2 Å². The van der Waals surface area contributed by atoms with Crippen molar-refractivity contribution in [3.8, 4) is 0 Å². The summed E-state index contributed by atoms with van der Waals surface area (Å²) in [6.45, 7) is 0.638. The number of ether oxygens (including phenoxy) is 1. The van der Waals surface area contributed by atoms with Crippen LogP contribution in [0.5, 0.6) is 0 Å². The van der Waals surface area contributed by atoms with Gasteiger partial charge in [0.1, 0.15) is 12.0 Å². The average Bonchev–Trinajstić information content (AvgIpc) is 3.01. The van der Waals surface area contributed by atoms with E-state index in [2.05, 4.69) is 21.2 Å². The van der Waals surface area contributed by atoms with Crippen molar-refractivity contribution in [3.63, 3.8) is 0 Å². The molecule has 1 aliphatic heterocycles. The number of benzene rings is 1. The first-order chi connectivity index (χ1) is 7.74. The Bertz CT molecular complexity index is 429. The van der Waals surface area contributed by atoms with Gasteiger partial charge in [0.15, 0.2) is 0 Å². The van der Waals surface area contributed by atoms with Crippen molar-refractivity contribution in [2.45, 2.75) is 12.8 Å². The molecule has 0 radical (unpaired) electrons. The molecule has 1 aromatic carbocycles. The van der Waals surface area contributed by atoms with Crippen LogP contribution in [0.4, 0.5) is 0 Å². The molecule has 0 bridgehead atoms. The van der Waals surface area contributed by atoms with Crippen LogP contribution in [0, 0.1) is 0 Å². The summed E-state index contributed by atoms with van der Waals surface area (Å²) in [5.41, 5.74) is 1.01. The van der Waals surface area contributed by atoms with Gasteiger partial charge in [-0.2, -0.15) is 0 Å². The fourth-order valence-corrected chi connectivity index (χ4v) is 1.83. The van der Waals surface area contributed by atoms with Gasteiger partial charge in [-0.05, 0) is 17.7 Å². The van der Waals surface area contributed by atoms with Gasteiger partial charge in [-0.3, -0.25) is 4.79 Å². The lowest BCUT2D eigenvalue weighted by Crippen LogP contribution is -2.25. The fourth-order valence-electron chi connectivity index (χ4n) is 1.38. The lowest BCUT2D eigenvalue weighted by atomic mass is 10.1. The summed E-state index contributed by atoms with van der Waals surface area (Å²) >= 11 is 3.38. The largest absolute Gasteiger partial charge is 0.463 e. The minimum atomic E-state index is 0.0411. The summed E-state index contributed by atoms with van der Waals surface area (Å²) in [6.07, 6.45) is 2.89. The van der Waals surface area contributed by atoms with Crippen molar-refractivity contribution >= 4 is 21.8 Å². The molecule has 0 saturated heterocycles. The van der Waals surface area contributed by atoms with Gasteiger partial charge in [0.25, 0.3) is 0 Å². The summed E-state index contributed by atoms with van der Waals surface area (Å²) in [5.74, 6) is 1.00. The topological polar surface area (TPSA) is 41.6 Å². The SMILES string of the molecule is O=C(Cc1cccc(Br)c1)NCCC1=CO1. The number of carbonyl (C=O) groups excluding carboxylic acids is 1. The standard InChI is InChI=1S/C12H12BrNO2/c13-10-3-1-2-9(6-10)7-12(15)14-5-4-11-8-16-11/h1-3,6,8H,4-5,7H2,(H,14,15). The first kappa shape index (κ1) is 11.2. The van der Waals surface area contributed by atoms with Crippen LogP contribution in [0.15, 0.2) is 40.8 Å². The van der Waals surface area contributed by atoms with Gasteiger partial charge in [-0.15, -0.1) is 0 Å². The second-order valence-corrected chi connectivity index (χ2v) is 4.52. The van der Waals surface area contributed by atoms with Gasteiger partial charge in [-0.25, -0.2) is 0 Å². The van der Waals surface area contributed by atoms with Crippen molar-refractivity contribution in [1.29, 1.82) is 0 Å². The Kier molecular flexibility index (Phi) is 3.62. The summed E-state index contributed by atoms with van der Waals surface area (Å²) in [6, 6.07) is 7.76. The van der Waals surface area contributed by atoms with Crippen LogP contribution < -0.4 is 5.32 Å². The van der Waals surface area contributed by atoms with Crippen LogP contribution in [0.25, 0.3) is 0 Å². The van der Waals surface area contributed by atoms with Crippen LogP contribution in [0.2, 0.25) is 0 Å². The first-order valence-electron chi connectivity index (χ1n) is 5.11.